The maximum Gasteiger partial charge on any atom is 0.251 e. The van der Waals surface area contributed by atoms with E-state index in [-0.39, 0.29) is 11.8 Å². The summed E-state index contributed by atoms with van der Waals surface area (Å²) in [6.07, 6.45) is 0. The first-order valence-electron chi connectivity index (χ1n) is 6.39. The average molecular weight is 276 g/mol. The molecule has 0 aliphatic heterocycles. The molecule has 5 heteroatoms. The van der Waals surface area contributed by atoms with Gasteiger partial charge in [-0.05, 0) is 30.7 Å². The maximum absolute atomic E-state index is 11.9. The largest absolute Gasteiger partial charge is 0.489 e. The SMILES string of the molecule is C=C(C)COc1cccc(C(=O)NCCNC(C)=O)c1. The summed E-state index contributed by atoms with van der Waals surface area (Å²) in [5.41, 5.74) is 1.43. The van der Waals surface area contributed by atoms with E-state index in [4.69, 9.17) is 4.74 Å². The molecule has 0 atom stereocenters. The Morgan fingerprint density at radius 3 is 2.55 bits per heavy atom. The molecule has 0 saturated heterocycles. The molecule has 0 saturated carbocycles. The van der Waals surface area contributed by atoms with E-state index in [1.54, 1.807) is 24.3 Å². The highest BCUT2D eigenvalue weighted by Gasteiger charge is 2.06. The van der Waals surface area contributed by atoms with Crippen molar-refractivity contribution in [2.45, 2.75) is 13.8 Å². The Hall–Kier alpha value is -2.30. The van der Waals surface area contributed by atoms with Gasteiger partial charge in [-0.2, -0.15) is 0 Å². The number of ether oxygens (including phenoxy) is 1. The average Bonchev–Trinajstić information content (AvgIpc) is 2.41. The lowest BCUT2D eigenvalue weighted by atomic mass is 10.2. The lowest BCUT2D eigenvalue weighted by Gasteiger charge is -2.09. The van der Waals surface area contributed by atoms with Crippen molar-refractivity contribution in [3.05, 3.63) is 42.0 Å². The van der Waals surface area contributed by atoms with Crippen LogP contribution in [0.3, 0.4) is 0 Å². The van der Waals surface area contributed by atoms with Crippen LogP contribution in [0.5, 0.6) is 5.75 Å². The van der Waals surface area contributed by atoms with Gasteiger partial charge in [0.25, 0.3) is 5.91 Å². The molecule has 20 heavy (non-hydrogen) atoms. The highest BCUT2D eigenvalue weighted by molar-refractivity contribution is 5.94. The van der Waals surface area contributed by atoms with Crippen molar-refractivity contribution in [3.8, 4) is 5.75 Å². The molecule has 1 aromatic carbocycles. The Morgan fingerprint density at radius 2 is 1.90 bits per heavy atom. The number of carbonyl (C=O) groups is 2. The summed E-state index contributed by atoms with van der Waals surface area (Å²) in [4.78, 5) is 22.6. The minimum atomic E-state index is -0.198. The van der Waals surface area contributed by atoms with Crippen molar-refractivity contribution in [2.24, 2.45) is 0 Å². The quantitative estimate of drug-likeness (QED) is 0.586. The Bertz CT molecular complexity index is 498. The third-order valence-corrected chi connectivity index (χ3v) is 2.37. The molecule has 0 unspecified atom stereocenters. The summed E-state index contributed by atoms with van der Waals surface area (Å²) in [6, 6.07) is 6.94. The molecule has 2 amide bonds. The van der Waals surface area contributed by atoms with Crippen LogP contribution in [-0.4, -0.2) is 31.5 Å². The van der Waals surface area contributed by atoms with Crippen molar-refractivity contribution in [3.63, 3.8) is 0 Å². The fourth-order valence-electron chi connectivity index (χ4n) is 1.45. The first-order chi connectivity index (χ1) is 9.49. The van der Waals surface area contributed by atoms with Crippen LogP contribution in [0.25, 0.3) is 0 Å². The zero-order valence-electron chi connectivity index (χ0n) is 11.9. The highest BCUT2D eigenvalue weighted by atomic mass is 16.5. The smallest absolute Gasteiger partial charge is 0.251 e. The lowest BCUT2D eigenvalue weighted by molar-refractivity contribution is -0.118. The van der Waals surface area contributed by atoms with Crippen molar-refractivity contribution in [1.82, 2.24) is 10.6 Å². The zero-order valence-corrected chi connectivity index (χ0v) is 11.9. The van der Waals surface area contributed by atoms with Crippen molar-refractivity contribution < 1.29 is 14.3 Å². The fraction of sp³-hybridized carbons (Fsp3) is 0.333. The molecule has 0 aliphatic rings. The second-order valence-electron chi connectivity index (χ2n) is 4.51. The Kier molecular flexibility index (Phi) is 6.29. The topological polar surface area (TPSA) is 67.4 Å². The van der Waals surface area contributed by atoms with E-state index in [2.05, 4.69) is 17.2 Å². The molecule has 5 nitrogen and oxygen atoms in total. The van der Waals surface area contributed by atoms with Gasteiger partial charge in [-0.15, -0.1) is 0 Å². The third-order valence-electron chi connectivity index (χ3n) is 2.37. The molecule has 1 aromatic rings. The minimum absolute atomic E-state index is 0.116. The number of amides is 2. The predicted molar refractivity (Wildman–Crippen MR) is 77.8 cm³/mol. The predicted octanol–water partition coefficient (Wildman–Crippen LogP) is 1.51. The minimum Gasteiger partial charge on any atom is -0.489 e. The number of hydrogen-bond acceptors (Lipinski definition) is 3. The summed E-state index contributed by atoms with van der Waals surface area (Å²) in [5, 5.41) is 5.33. The standard InChI is InChI=1S/C15H20N2O3/c1-11(2)10-20-14-6-4-5-13(9-14)15(19)17-8-7-16-12(3)18/h4-6,9H,1,7-8,10H2,2-3H3,(H,16,18)(H,17,19). The molecule has 0 bridgehead atoms. The molecule has 0 heterocycles. The Balaban J connectivity index is 2.49. The highest BCUT2D eigenvalue weighted by Crippen LogP contribution is 2.13. The van der Waals surface area contributed by atoms with Gasteiger partial charge < -0.3 is 15.4 Å². The van der Waals surface area contributed by atoms with Crippen LogP contribution in [0.4, 0.5) is 0 Å². The van der Waals surface area contributed by atoms with E-state index in [1.807, 2.05) is 6.92 Å². The molecular formula is C15H20N2O3. The van der Waals surface area contributed by atoms with Gasteiger partial charge in [-0.25, -0.2) is 0 Å². The second-order valence-corrected chi connectivity index (χ2v) is 4.51. The molecule has 108 valence electrons. The first-order valence-corrected chi connectivity index (χ1v) is 6.39. The van der Waals surface area contributed by atoms with Crippen LogP contribution >= 0.6 is 0 Å². The van der Waals surface area contributed by atoms with Gasteiger partial charge in [0.1, 0.15) is 12.4 Å². The maximum atomic E-state index is 11.9. The van der Waals surface area contributed by atoms with Crippen LogP contribution < -0.4 is 15.4 Å². The lowest BCUT2D eigenvalue weighted by Crippen LogP contribution is -2.33. The normalized spacial score (nSPS) is 9.70. The number of hydrogen-bond donors (Lipinski definition) is 2. The van der Waals surface area contributed by atoms with E-state index >= 15 is 0 Å². The van der Waals surface area contributed by atoms with Gasteiger partial charge in [0.15, 0.2) is 0 Å². The van der Waals surface area contributed by atoms with Crippen molar-refractivity contribution >= 4 is 11.8 Å². The van der Waals surface area contributed by atoms with E-state index < -0.39 is 0 Å². The van der Waals surface area contributed by atoms with Crippen LogP contribution in [0, 0.1) is 0 Å². The molecule has 1 rings (SSSR count). The van der Waals surface area contributed by atoms with Crippen molar-refractivity contribution in [1.29, 1.82) is 0 Å². The monoisotopic (exact) mass is 276 g/mol. The summed E-state index contributed by atoms with van der Waals surface area (Å²) in [7, 11) is 0. The second kappa shape index (κ2) is 7.99. The van der Waals surface area contributed by atoms with Crippen LogP contribution in [0.1, 0.15) is 24.2 Å². The molecule has 0 aliphatic carbocycles. The van der Waals surface area contributed by atoms with Gasteiger partial charge in [-0.1, -0.05) is 12.6 Å². The van der Waals surface area contributed by atoms with Crippen LogP contribution in [0.2, 0.25) is 0 Å². The zero-order chi connectivity index (χ0) is 15.0. The summed E-state index contributed by atoms with van der Waals surface area (Å²) >= 11 is 0. The van der Waals surface area contributed by atoms with E-state index in [1.165, 1.54) is 6.92 Å². The van der Waals surface area contributed by atoms with Gasteiger partial charge in [-0.3, -0.25) is 9.59 Å². The summed E-state index contributed by atoms with van der Waals surface area (Å²) in [6.45, 7) is 8.28. The van der Waals surface area contributed by atoms with Crippen LogP contribution in [0.15, 0.2) is 36.4 Å². The molecule has 0 aromatic heterocycles. The van der Waals surface area contributed by atoms with E-state index in [9.17, 15) is 9.59 Å². The fourth-order valence-corrected chi connectivity index (χ4v) is 1.45. The molecular weight excluding hydrogens is 256 g/mol. The molecule has 2 N–H and O–H groups in total. The first kappa shape index (κ1) is 15.8. The number of nitrogens with one attached hydrogen (secondary N) is 2. The third kappa shape index (κ3) is 6.04. The van der Waals surface area contributed by atoms with Crippen LogP contribution in [-0.2, 0) is 4.79 Å². The van der Waals surface area contributed by atoms with Crippen molar-refractivity contribution in [2.75, 3.05) is 19.7 Å². The van der Waals surface area contributed by atoms with Gasteiger partial charge in [0.2, 0.25) is 5.91 Å². The summed E-state index contributed by atoms with van der Waals surface area (Å²) < 4.78 is 5.48. The molecule has 0 spiro atoms. The molecule has 0 radical (unpaired) electrons. The summed E-state index contributed by atoms with van der Waals surface area (Å²) in [5.74, 6) is 0.313. The Morgan fingerprint density at radius 1 is 1.20 bits per heavy atom. The number of rotatable bonds is 7. The van der Waals surface area contributed by atoms with Gasteiger partial charge in [0.05, 0.1) is 0 Å². The number of carbonyl (C=O) groups excluding carboxylic acids is 2. The van der Waals surface area contributed by atoms with Gasteiger partial charge >= 0.3 is 0 Å². The Labute approximate surface area is 119 Å². The molecule has 0 fully saturated rings. The van der Waals surface area contributed by atoms with Gasteiger partial charge in [0, 0.05) is 25.6 Å². The van der Waals surface area contributed by atoms with E-state index in [0.29, 0.717) is 31.0 Å². The van der Waals surface area contributed by atoms with E-state index in [0.717, 1.165) is 5.57 Å². The number of benzene rings is 1.